The van der Waals surface area contributed by atoms with Gasteiger partial charge in [-0.15, -0.1) is 0 Å². The summed E-state index contributed by atoms with van der Waals surface area (Å²) in [6.45, 7) is 4.80. The molecule has 1 aromatic heterocycles. The summed E-state index contributed by atoms with van der Waals surface area (Å²) in [6, 6.07) is 20.4. The van der Waals surface area contributed by atoms with E-state index in [1.807, 2.05) is 56.3 Å². The number of methoxy groups -OCH3 is 1. The van der Waals surface area contributed by atoms with Gasteiger partial charge in [-0.1, -0.05) is 59.6 Å². The van der Waals surface area contributed by atoms with Gasteiger partial charge in [-0.2, -0.15) is 10.1 Å². The van der Waals surface area contributed by atoms with Gasteiger partial charge in [0.05, 0.1) is 25.0 Å². The zero-order valence-corrected chi connectivity index (χ0v) is 22.0. The molecule has 5 rings (SSSR count). The summed E-state index contributed by atoms with van der Waals surface area (Å²) >= 11 is 6.12. The van der Waals surface area contributed by atoms with Crippen LogP contribution in [-0.4, -0.2) is 34.5 Å². The van der Waals surface area contributed by atoms with Crippen molar-refractivity contribution in [2.45, 2.75) is 26.5 Å². The highest BCUT2D eigenvalue weighted by Gasteiger charge is 2.36. The first-order chi connectivity index (χ1) is 18.5. The monoisotopic (exact) mass is 530 g/mol. The zero-order chi connectivity index (χ0) is 26.6. The van der Waals surface area contributed by atoms with Crippen molar-refractivity contribution >= 4 is 29.2 Å². The number of carbonyl (C=O) groups excluding carboxylic acids is 1. The van der Waals surface area contributed by atoms with Crippen LogP contribution in [0.4, 0.5) is 5.95 Å². The maximum atomic E-state index is 13.2. The van der Waals surface area contributed by atoms with Gasteiger partial charge in [-0.25, -0.2) is 9.48 Å². The number of nitrogens with zero attached hydrogens (tertiary/aromatic N) is 3. The average Bonchev–Trinajstić information content (AvgIpc) is 3.41. The summed E-state index contributed by atoms with van der Waals surface area (Å²) in [6.07, 6.45) is 1.44. The number of aromatic nitrogens is 3. The van der Waals surface area contributed by atoms with E-state index in [4.69, 9.17) is 25.8 Å². The normalized spacial score (nSPS) is 14.5. The van der Waals surface area contributed by atoms with Gasteiger partial charge in [0, 0.05) is 5.02 Å². The molecule has 9 heteroatoms. The first-order valence-electron chi connectivity index (χ1n) is 12.2. The van der Waals surface area contributed by atoms with Crippen molar-refractivity contribution in [3.05, 3.63) is 106 Å². The van der Waals surface area contributed by atoms with Crippen LogP contribution in [-0.2, 0) is 16.1 Å². The Morgan fingerprint density at radius 2 is 1.79 bits per heavy atom. The van der Waals surface area contributed by atoms with Crippen molar-refractivity contribution in [3.8, 4) is 11.5 Å². The molecule has 0 spiro atoms. The lowest BCUT2D eigenvalue weighted by atomic mass is 9.92. The van der Waals surface area contributed by atoms with Gasteiger partial charge in [-0.3, -0.25) is 0 Å². The predicted octanol–water partition coefficient (Wildman–Crippen LogP) is 5.82. The topological polar surface area (TPSA) is 87.5 Å². The highest BCUT2D eigenvalue weighted by atomic mass is 35.5. The molecular weight excluding hydrogens is 504 g/mol. The van der Waals surface area contributed by atoms with Gasteiger partial charge in [0.15, 0.2) is 11.5 Å². The minimum absolute atomic E-state index is 0.378. The smallest absolute Gasteiger partial charge is 0.338 e. The number of rotatable bonds is 8. The number of hydrogen-bond acceptors (Lipinski definition) is 7. The molecule has 1 N–H and O–H groups in total. The van der Waals surface area contributed by atoms with E-state index in [2.05, 4.69) is 27.5 Å². The Morgan fingerprint density at radius 3 is 2.50 bits per heavy atom. The van der Waals surface area contributed by atoms with E-state index >= 15 is 0 Å². The number of benzene rings is 3. The summed E-state index contributed by atoms with van der Waals surface area (Å²) in [5.41, 5.74) is 4.71. The molecule has 0 bridgehead atoms. The summed E-state index contributed by atoms with van der Waals surface area (Å²) in [5, 5.41) is 8.24. The second-order valence-corrected chi connectivity index (χ2v) is 9.19. The van der Waals surface area contributed by atoms with Crippen molar-refractivity contribution in [1.29, 1.82) is 0 Å². The van der Waals surface area contributed by atoms with E-state index < -0.39 is 12.0 Å². The summed E-state index contributed by atoms with van der Waals surface area (Å²) in [4.78, 5) is 17.6. The number of hydrogen-bond donors (Lipinski definition) is 1. The second-order valence-electron chi connectivity index (χ2n) is 8.76. The molecule has 0 amide bonds. The number of ether oxygens (including phenoxy) is 3. The highest BCUT2D eigenvalue weighted by molar-refractivity contribution is 6.30. The molecule has 1 aliphatic heterocycles. The molecule has 8 nitrogen and oxygen atoms in total. The third kappa shape index (κ3) is 5.08. The lowest BCUT2D eigenvalue weighted by molar-refractivity contribution is -0.136. The van der Waals surface area contributed by atoms with Crippen LogP contribution in [0, 0.1) is 6.92 Å². The van der Waals surface area contributed by atoms with Crippen LogP contribution in [0.25, 0.3) is 5.70 Å². The highest BCUT2D eigenvalue weighted by Crippen LogP contribution is 2.41. The molecule has 2 heterocycles. The minimum Gasteiger partial charge on any atom is -0.490 e. The fraction of sp³-hybridized carbons (Fsp3) is 0.207. The lowest BCUT2D eigenvalue weighted by Crippen LogP contribution is -2.29. The van der Waals surface area contributed by atoms with Gasteiger partial charge < -0.3 is 19.5 Å². The van der Waals surface area contributed by atoms with Crippen molar-refractivity contribution < 1.29 is 19.0 Å². The molecule has 1 atom stereocenters. The molecule has 1 aliphatic rings. The molecule has 0 aliphatic carbocycles. The number of aryl methyl sites for hydroxylation is 1. The number of carbonyl (C=O) groups is 1. The van der Waals surface area contributed by atoms with Crippen LogP contribution in [0.3, 0.4) is 0 Å². The molecule has 0 saturated carbocycles. The first-order valence-corrected chi connectivity index (χ1v) is 12.6. The molecule has 194 valence electrons. The summed E-state index contributed by atoms with van der Waals surface area (Å²) in [5.74, 6) is 1.16. The Hall–Kier alpha value is -4.30. The fourth-order valence-electron chi connectivity index (χ4n) is 4.37. The summed E-state index contributed by atoms with van der Waals surface area (Å²) < 4.78 is 19.0. The Balaban J connectivity index is 1.58. The Labute approximate surface area is 225 Å². The Morgan fingerprint density at radius 1 is 1.03 bits per heavy atom. The second kappa shape index (κ2) is 11.0. The van der Waals surface area contributed by atoms with Gasteiger partial charge in [0.1, 0.15) is 19.0 Å². The number of esters is 1. The first kappa shape index (κ1) is 25.4. The SMILES string of the molecule is CCOc1cc([C@H]2C(C(=O)OC)=C(c3ccc(Cl)cc3)Nc3ncnn32)ccc1OCc1ccc(C)cc1. The molecular formula is C29H27ClN4O4. The van der Waals surface area contributed by atoms with E-state index in [0.717, 1.165) is 16.7 Å². The molecule has 0 radical (unpaired) electrons. The lowest BCUT2D eigenvalue weighted by Gasteiger charge is -2.29. The maximum absolute atomic E-state index is 13.2. The molecule has 38 heavy (non-hydrogen) atoms. The van der Waals surface area contributed by atoms with E-state index in [1.165, 1.54) is 19.0 Å². The molecule has 3 aromatic carbocycles. The molecule has 0 unspecified atom stereocenters. The van der Waals surface area contributed by atoms with Gasteiger partial charge >= 0.3 is 5.97 Å². The van der Waals surface area contributed by atoms with E-state index in [9.17, 15) is 4.79 Å². The number of fused-ring (bicyclic) bond motifs is 1. The van der Waals surface area contributed by atoms with E-state index in [1.54, 1.807) is 16.8 Å². The average molecular weight is 531 g/mol. The van der Waals surface area contributed by atoms with Gasteiger partial charge in [-0.05, 0) is 54.8 Å². The standard InChI is InChI=1S/C29H27ClN4O4/c1-4-37-24-15-21(11-14-23(24)38-16-19-7-5-18(2)6-8-19)27-25(28(35)36-3)26(20-9-12-22(30)13-10-20)33-29-31-17-32-34(27)29/h5-15,17,27H,4,16H2,1-3H3,(H,31,32,33)/t27-/m0/s1. The van der Waals surface area contributed by atoms with Gasteiger partial charge in [0.25, 0.3) is 0 Å². The number of anilines is 1. The van der Waals surface area contributed by atoms with Crippen LogP contribution in [0.1, 0.15) is 35.2 Å². The third-order valence-corrected chi connectivity index (χ3v) is 6.49. The molecule has 4 aromatic rings. The van der Waals surface area contributed by atoms with Gasteiger partial charge in [0.2, 0.25) is 5.95 Å². The van der Waals surface area contributed by atoms with E-state index in [-0.39, 0.29) is 0 Å². The Bertz CT molecular complexity index is 1480. The van der Waals surface area contributed by atoms with Crippen LogP contribution in [0.5, 0.6) is 11.5 Å². The number of halogens is 1. The minimum atomic E-state index is -0.628. The number of nitrogens with one attached hydrogen (secondary N) is 1. The largest absolute Gasteiger partial charge is 0.490 e. The fourth-order valence-corrected chi connectivity index (χ4v) is 4.50. The zero-order valence-electron chi connectivity index (χ0n) is 21.3. The maximum Gasteiger partial charge on any atom is 0.338 e. The quantitative estimate of drug-likeness (QED) is 0.287. The van der Waals surface area contributed by atoms with E-state index in [0.29, 0.717) is 47.0 Å². The van der Waals surface area contributed by atoms with Crippen LogP contribution >= 0.6 is 11.6 Å². The van der Waals surface area contributed by atoms with Crippen molar-refractivity contribution in [2.24, 2.45) is 0 Å². The van der Waals surface area contributed by atoms with Crippen LogP contribution in [0.15, 0.2) is 78.6 Å². The van der Waals surface area contributed by atoms with Crippen molar-refractivity contribution in [2.75, 3.05) is 19.0 Å². The van der Waals surface area contributed by atoms with Crippen LogP contribution in [0.2, 0.25) is 5.02 Å². The predicted molar refractivity (Wildman–Crippen MR) is 145 cm³/mol. The molecule has 0 fully saturated rings. The Kier molecular flexibility index (Phi) is 7.33. The van der Waals surface area contributed by atoms with Crippen molar-refractivity contribution in [1.82, 2.24) is 14.8 Å². The molecule has 0 saturated heterocycles. The van der Waals surface area contributed by atoms with Crippen molar-refractivity contribution in [3.63, 3.8) is 0 Å². The van der Waals surface area contributed by atoms with Crippen LogP contribution < -0.4 is 14.8 Å². The third-order valence-electron chi connectivity index (χ3n) is 6.23. The summed E-state index contributed by atoms with van der Waals surface area (Å²) in [7, 11) is 1.36.